The maximum atomic E-state index is 13.6. The molecule has 2 aromatic rings. The van der Waals surface area contributed by atoms with Gasteiger partial charge in [-0.05, 0) is 41.5 Å². The van der Waals surface area contributed by atoms with Crippen molar-refractivity contribution in [1.29, 1.82) is 0 Å². The monoisotopic (exact) mass is 280 g/mol. The Morgan fingerprint density at radius 1 is 1.11 bits per heavy atom. The average Bonchev–Trinajstić information content (AvgIpc) is 2.39. The van der Waals surface area contributed by atoms with E-state index in [9.17, 15) is 13.9 Å². The highest BCUT2D eigenvalue weighted by atomic mass is 35.5. The topological polar surface area (TPSA) is 20.2 Å². The molecule has 0 aliphatic carbocycles. The molecule has 0 amide bonds. The lowest BCUT2D eigenvalue weighted by molar-refractivity contribution is 0.350. The van der Waals surface area contributed by atoms with Crippen molar-refractivity contribution in [3.05, 3.63) is 70.2 Å². The zero-order chi connectivity index (χ0) is 13.8. The normalized spacial score (nSPS) is 11.7. The zero-order valence-corrected chi connectivity index (χ0v) is 10.7. The third-order valence-electron chi connectivity index (χ3n) is 2.66. The average molecular weight is 281 g/mol. The van der Waals surface area contributed by atoms with Crippen LogP contribution < -0.4 is 0 Å². The summed E-state index contributed by atoms with van der Waals surface area (Å²) in [6.45, 7) is -0.342. The van der Waals surface area contributed by atoms with Gasteiger partial charge in [0.05, 0.1) is 6.61 Å². The van der Waals surface area contributed by atoms with Crippen LogP contribution in [-0.2, 0) is 0 Å². The molecule has 0 fully saturated rings. The van der Waals surface area contributed by atoms with Crippen LogP contribution in [0.5, 0.6) is 0 Å². The van der Waals surface area contributed by atoms with Crippen LogP contribution in [-0.4, -0.2) is 11.7 Å². The van der Waals surface area contributed by atoms with E-state index in [4.69, 9.17) is 11.6 Å². The highest BCUT2D eigenvalue weighted by molar-refractivity contribution is 6.30. The Bertz CT molecular complexity index is 606. The van der Waals surface area contributed by atoms with E-state index in [2.05, 4.69) is 0 Å². The lowest BCUT2D eigenvalue weighted by atomic mass is 10.0. The minimum absolute atomic E-state index is 0.179. The Hall–Kier alpha value is -1.71. The summed E-state index contributed by atoms with van der Waals surface area (Å²) >= 11 is 5.77. The van der Waals surface area contributed by atoms with Gasteiger partial charge < -0.3 is 5.11 Å². The van der Waals surface area contributed by atoms with Gasteiger partial charge in [-0.1, -0.05) is 23.7 Å². The van der Waals surface area contributed by atoms with Crippen molar-refractivity contribution < 1.29 is 13.9 Å². The Morgan fingerprint density at radius 3 is 2.37 bits per heavy atom. The highest BCUT2D eigenvalue weighted by Crippen LogP contribution is 2.22. The molecule has 4 heteroatoms. The summed E-state index contributed by atoms with van der Waals surface area (Å²) in [5.41, 5.74) is 1.33. The van der Waals surface area contributed by atoms with Gasteiger partial charge in [0.2, 0.25) is 0 Å². The van der Waals surface area contributed by atoms with E-state index in [1.54, 1.807) is 30.3 Å². The molecule has 0 aliphatic heterocycles. The Morgan fingerprint density at radius 2 is 1.79 bits per heavy atom. The van der Waals surface area contributed by atoms with Crippen LogP contribution in [0.2, 0.25) is 5.02 Å². The number of halogens is 3. The molecule has 19 heavy (non-hydrogen) atoms. The predicted octanol–water partition coefficient (Wildman–Crippen LogP) is 4.15. The van der Waals surface area contributed by atoms with E-state index in [-0.39, 0.29) is 12.2 Å². The summed E-state index contributed by atoms with van der Waals surface area (Å²) < 4.78 is 26.5. The van der Waals surface area contributed by atoms with Gasteiger partial charge in [-0.15, -0.1) is 0 Å². The van der Waals surface area contributed by atoms with Crippen molar-refractivity contribution in [2.75, 3.05) is 6.61 Å². The first-order valence-corrected chi connectivity index (χ1v) is 6.00. The van der Waals surface area contributed by atoms with E-state index in [0.29, 0.717) is 10.6 Å². The molecule has 0 atom stereocenters. The molecule has 0 aromatic heterocycles. The Kier molecular flexibility index (Phi) is 4.30. The molecule has 0 spiro atoms. The third kappa shape index (κ3) is 3.40. The molecule has 1 N–H and O–H groups in total. The number of benzene rings is 2. The van der Waals surface area contributed by atoms with Crippen molar-refractivity contribution >= 4 is 23.3 Å². The van der Waals surface area contributed by atoms with Gasteiger partial charge in [0.25, 0.3) is 0 Å². The summed E-state index contributed by atoms with van der Waals surface area (Å²) in [4.78, 5) is 0. The number of hydrogen-bond donors (Lipinski definition) is 1. The van der Waals surface area contributed by atoms with Crippen molar-refractivity contribution in [2.45, 2.75) is 0 Å². The largest absolute Gasteiger partial charge is 0.392 e. The van der Waals surface area contributed by atoms with E-state index < -0.39 is 11.6 Å². The van der Waals surface area contributed by atoms with Crippen LogP contribution in [0, 0.1) is 11.6 Å². The molecule has 0 unspecified atom stereocenters. The van der Waals surface area contributed by atoms with Crippen LogP contribution >= 0.6 is 11.6 Å². The van der Waals surface area contributed by atoms with E-state index >= 15 is 0 Å². The van der Waals surface area contributed by atoms with Gasteiger partial charge in [-0.25, -0.2) is 8.78 Å². The maximum Gasteiger partial charge on any atom is 0.133 e. The van der Waals surface area contributed by atoms with Crippen molar-refractivity contribution in [2.24, 2.45) is 0 Å². The SMILES string of the molecule is OC/C(=C/c1ccc(Cl)cc1)c1ccc(F)cc1F. The van der Waals surface area contributed by atoms with Crippen LogP contribution in [0.4, 0.5) is 8.78 Å². The van der Waals surface area contributed by atoms with E-state index in [0.717, 1.165) is 17.7 Å². The molecule has 2 aromatic carbocycles. The smallest absolute Gasteiger partial charge is 0.133 e. The van der Waals surface area contributed by atoms with Crippen LogP contribution in [0.25, 0.3) is 11.6 Å². The molecular formula is C15H11ClF2O. The maximum absolute atomic E-state index is 13.6. The van der Waals surface area contributed by atoms with Crippen molar-refractivity contribution in [3.8, 4) is 0 Å². The fourth-order valence-electron chi connectivity index (χ4n) is 1.72. The van der Waals surface area contributed by atoms with Gasteiger partial charge in [0.1, 0.15) is 11.6 Å². The summed E-state index contributed by atoms with van der Waals surface area (Å²) in [6, 6.07) is 10.2. The molecule has 0 bridgehead atoms. The molecule has 0 aliphatic rings. The molecule has 98 valence electrons. The predicted molar refractivity (Wildman–Crippen MR) is 72.8 cm³/mol. The fraction of sp³-hybridized carbons (Fsp3) is 0.0667. The third-order valence-corrected chi connectivity index (χ3v) is 2.91. The number of aliphatic hydroxyl groups excluding tert-OH is 1. The Labute approximate surface area is 114 Å². The molecule has 0 saturated carbocycles. The van der Waals surface area contributed by atoms with Crippen LogP contribution in [0.15, 0.2) is 42.5 Å². The number of rotatable bonds is 3. The molecule has 2 rings (SSSR count). The second-order valence-corrected chi connectivity index (χ2v) is 4.44. The van der Waals surface area contributed by atoms with Gasteiger partial charge >= 0.3 is 0 Å². The fourth-order valence-corrected chi connectivity index (χ4v) is 1.84. The van der Waals surface area contributed by atoms with Gasteiger partial charge in [0.15, 0.2) is 0 Å². The minimum Gasteiger partial charge on any atom is -0.392 e. The first-order valence-electron chi connectivity index (χ1n) is 5.62. The lowest BCUT2D eigenvalue weighted by Crippen LogP contribution is -1.95. The summed E-state index contributed by atoms with van der Waals surface area (Å²) in [5, 5.41) is 9.93. The lowest BCUT2D eigenvalue weighted by Gasteiger charge is -2.06. The molecule has 0 saturated heterocycles. The van der Waals surface area contributed by atoms with Crippen LogP contribution in [0.1, 0.15) is 11.1 Å². The molecular weight excluding hydrogens is 270 g/mol. The highest BCUT2D eigenvalue weighted by Gasteiger charge is 2.08. The van der Waals surface area contributed by atoms with E-state index in [1.165, 1.54) is 6.07 Å². The van der Waals surface area contributed by atoms with Gasteiger partial charge in [0, 0.05) is 16.7 Å². The summed E-state index contributed by atoms with van der Waals surface area (Å²) in [7, 11) is 0. The first-order chi connectivity index (χ1) is 9.10. The summed E-state index contributed by atoms with van der Waals surface area (Å²) in [6.07, 6.45) is 1.63. The van der Waals surface area contributed by atoms with Crippen molar-refractivity contribution in [1.82, 2.24) is 0 Å². The van der Waals surface area contributed by atoms with E-state index in [1.807, 2.05) is 0 Å². The van der Waals surface area contributed by atoms with Gasteiger partial charge in [-0.2, -0.15) is 0 Å². The minimum atomic E-state index is -0.700. The quantitative estimate of drug-likeness (QED) is 0.838. The second kappa shape index (κ2) is 5.95. The Balaban J connectivity index is 2.41. The zero-order valence-electron chi connectivity index (χ0n) is 9.91. The van der Waals surface area contributed by atoms with Gasteiger partial charge in [-0.3, -0.25) is 0 Å². The first kappa shape index (κ1) is 13.7. The second-order valence-electron chi connectivity index (χ2n) is 4.00. The molecule has 0 heterocycles. The number of aliphatic hydroxyl groups is 1. The van der Waals surface area contributed by atoms with Crippen LogP contribution in [0.3, 0.4) is 0 Å². The number of hydrogen-bond acceptors (Lipinski definition) is 1. The molecule has 0 radical (unpaired) electrons. The van der Waals surface area contributed by atoms with Crippen molar-refractivity contribution in [3.63, 3.8) is 0 Å². The molecule has 1 nitrogen and oxygen atoms in total. The standard InChI is InChI=1S/C15H11ClF2O/c16-12-3-1-10(2-4-12)7-11(9-19)14-6-5-13(17)8-15(14)18/h1-8,19H,9H2/b11-7-. The summed E-state index contributed by atoms with van der Waals surface area (Å²) in [5.74, 6) is -1.35.